The number of anilines is 2. The number of sulfonamides is 1. The van der Waals surface area contributed by atoms with Gasteiger partial charge in [0.2, 0.25) is 10.0 Å². The fourth-order valence-electron chi connectivity index (χ4n) is 2.55. The Balaban J connectivity index is 1.79. The van der Waals surface area contributed by atoms with Gasteiger partial charge in [-0.3, -0.25) is 0 Å². The monoisotopic (exact) mass is 411 g/mol. The average molecular weight is 412 g/mol. The van der Waals surface area contributed by atoms with E-state index < -0.39 is 16.1 Å². The van der Waals surface area contributed by atoms with Gasteiger partial charge in [0.15, 0.2) is 0 Å². The number of halogens is 1. The van der Waals surface area contributed by atoms with E-state index in [1.807, 2.05) is 0 Å². The van der Waals surface area contributed by atoms with Crippen LogP contribution in [0.1, 0.15) is 0 Å². The highest BCUT2D eigenvalue weighted by Crippen LogP contribution is 2.28. The molecular formula is C17H18ClN3O5S. The van der Waals surface area contributed by atoms with E-state index in [1.54, 1.807) is 12.1 Å². The number of phenols is 1. The fraction of sp³-hybridized carbons (Fsp3) is 0.235. The summed E-state index contributed by atoms with van der Waals surface area (Å²) in [7, 11) is -3.72. The lowest BCUT2D eigenvalue weighted by atomic mass is 10.3. The van der Waals surface area contributed by atoms with Crippen molar-refractivity contribution in [1.82, 2.24) is 4.31 Å². The van der Waals surface area contributed by atoms with Crippen LogP contribution in [0.2, 0.25) is 5.02 Å². The van der Waals surface area contributed by atoms with Crippen LogP contribution in [0, 0.1) is 0 Å². The number of hydrogen-bond acceptors (Lipinski definition) is 5. The molecule has 27 heavy (non-hydrogen) atoms. The van der Waals surface area contributed by atoms with Crippen LogP contribution in [0.15, 0.2) is 47.4 Å². The minimum Gasteiger partial charge on any atom is -0.506 e. The minimum absolute atomic E-state index is 0.0201. The number of carbonyl (C=O) groups is 1. The first-order chi connectivity index (χ1) is 12.9. The topological polar surface area (TPSA) is 108 Å². The molecule has 0 bridgehead atoms. The molecule has 2 amide bonds. The number of benzene rings is 2. The molecule has 0 aliphatic carbocycles. The Morgan fingerprint density at radius 1 is 1.07 bits per heavy atom. The second-order valence-corrected chi connectivity index (χ2v) is 8.10. The van der Waals surface area contributed by atoms with Gasteiger partial charge in [-0.05, 0) is 30.3 Å². The molecule has 2 aromatic rings. The number of urea groups is 1. The zero-order chi connectivity index (χ0) is 19.4. The number of morpholine rings is 1. The molecular weight excluding hydrogens is 394 g/mol. The van der Waals surface area contributed by atoms with E-state index >= 15 is 0 Å². The highest BCUT2D eigenvalue weighted by Gasteiger charge is 2.27. The first-order valence-corrected chi connectivity index (χ1v) is 9.93. The third-order valence-electron chi connectivity index (χ3n) is 3.95. The van der Waals surface area contributed by atoms with Crippen LogP contribution in [-0.4, -0.2) is 50.2 Å². The summed E-state index contributed by atoms with van der Waals surface area (Å²) in [5.74, 6) is -0.0950. The van der Waals surface area contributed by atoms with Gasteiger partial charge in [0.1, 0.15) is 5.75 Å². The summed E-state index contributed by atoms with van der Waals surface area (Å²) in [6, 6.07) is 9.65. The van der Waals surface area contributed by atoms with Gasteiger partial charge in [0.25, 0.3) is 0 Å². The van der Waals surface area contributed by atoms with E-state index in [0.29, 0.717) is 13.2 Å². The highest BCUT2D eigenvalue weighted by atomic mass is 35.5. The SMILES string of the molecule is O=C(Nc1ccccc1O)Nc1cc(S(=O)(=O)N2CCOCC2)ccc1Cl. The summed E-state index contributed by atoms with van der Waals surface area (Å²) in [5, 5.41) is 14.9. The van der Waals surface area contributed by atoms with Crippen LogP contribution >= 0.6 is 11.6 Å². The summed E-state index contributed by atoms with van der Waals surface area (Å²) in [4.78, 5) is 12.2. The van der Waals surface area contributed by atoms with Crippen LogP contribution in [0.25, 0.3) is 0 Å². The van der Waals surface area contributed by atoms with Crippen LogP contribution in [0.3, 0.4) is 0 Å². The maximum atomic E-state index is 12.7. The van der Waals surface area contributed by atoms with Gasteiger partial charge in [0.05, 0.1) is 34.5 Å². The van der Waals surface area contributed by atoms with Gasteiger partial charge >= 0.3 is 6.03 Å². The molecule has 0 radical (unpaired) electrons. The summed E-state index contributed by atoms with van der Waals surface area (Å²) < 4.78 is 32.0. The molecule has 144 valence electrons. The minimum atomic E-state index is -3.72. The summed E-state index contributed by atoms with van der Waals surface area (Å²) in [5.41, 5.74) is 0.349. The quantitative estimate of drug-likeness (QED) is 0.670. The Bertz CT molecular complexity index is 945. The predicted octanol–water partition coefficient (Wildman–Crippen LogP) is 2.71. The average Bonchev–Trinajstić information content (AvgIpc) is 2.66. The Kier molecular flexibility index (Phi) is 5.85. The Morgan fingerprint density at radius 3 is 2.44 bits per heavy atom. The lowest BCUT2D eigenvalue weighted by molar-refractivity contribution is 0.0730. The summed E-state index contributed by atoms with van der Waals surface area (Å²) in [6.07, 6.45) is 0. The lowest BCUT2D eigenvalue weighted by Gasteiger charge is -2.26. The van der Waals surface area contributed by atoms with Gasteiger partial charge in [-0.25, -0.2) is 13.2 Å². The number of nitrogens with zero attached hydrogens (tertiary/aromatic N) is 1. The number of aromatic hydroxyl groups is 1. The number of nitrogens with one attached hydrogen (secondary N) is 2. The predicted molar refractivity (Wildman–Crippen MR) is 102 cm³/mol. The van der Waals surface area contributed by atoms with Crippen molar-refractivity contribution in [1.29, 1.82) is 0 Å². The number of ether oxygens (including phenoxy) is 1. The first-order valence-electron chi connectivity index (χ1n) is 8.11. The van der Waals surface area contributed by atoms with Crippen molar-refractivity contribution in [3.8, 4) is 5.75 Å². The molecule has 10 heteroatoms. The number of hydrogen-bond donors (Lipinski definition) is 3. The van der Waals surface area contributed by atoms with Gasteiger partial charge in [-0.1, -0.05) is 23.7 Å². The highest BCUT2D eigenvalue weighted by molar-refractivity contribution is 7.89. The van der Waals surface area contributed by atoms with Gasteiger partial charge < -0.3 is 20.5 Å². The summed E-state index contributed by atoms with van der Waals surface area (Å²) in [6.45, 7) is 1.20. The molecule has 0 unspecified atom stereocenters. The number of phenolic OH excluding ortho intramolecular Hbond substituents is 1. The molecule has 0 saturated carbocycles. The molecule has 2 aromatic carbocycles. The van der Waals surface area contributed by atoms with E-state index in [9.17, 15) is 18.3 Å². The van der Waals surface area contributed by atoms with E-state index in [-0.39, 0.29) is 40.1 Å². The number of carbonyl (C=O) groups excluding carboxylic acids is 1. The van der Waals surface area contributed by atoms with Crippen LogP contribution in [-0.2, 0) is 14.8 Å². The van der Waals surface area contributed by atoms with Crippen molar-refractivity contribution in [3.05, 3.63) is 47.5 Å². The van der Waals surface area contributed by atoms with Crippen LogP contribution < -0.4 is 10.6 Å². The first kappa shape index (κ1) is 19.4. The van der Waals surface area contributed by atoms with Crippen molar-refractivity contribution < 1.29 is 23.1 Å². The summed E-state index contributed by atoms with van der Waals surface area (Å²) >= 11 is 6.09. The molecule has 1 aliphatic rings. The van der Waals surface area contributed by atoms with Crippen molar-refractivity contribution >= 4 is 39.0 Å². The molecule has 1 heterocycles. The van der Waals surface area contributed by atoms with Gasteiger partial charge in [-0.15, -0.1) is 0 Å². The molecule has 8 nitrogen and oxygen atoms in total. The Labute approximate surface area is 161 Å². The van der Waals surface area contributed by atoms with Crippen LogP contribution in [0.5, 0.6) is 5.75 Å². The van der Waals surface area contributed by atoms with Crippen LogP contribution in [0.4, 0.5) is 16.2 Å². The molecule has 0 atom stereocenters. The molecule has 1 aliphatic heterocycles. The third kappa shape index (κ3) is 4.51. The largest absolute Gasteiger partial charge is 0.506 e. The smallest absolute Gasteiger partial charge is 0.323 e. The van der Waals surface area contributed by atoms with E-state index in [1.165, 1.54) is 34.6 Å². The standard InChI is InChI=1S/C17H18ClN3O5S/c18-13-6-5-12(27(24,25)21-7-9-26-10-8-21)11-15(13)20-17(23)19-14-3-1-2-4-16(14)22/h1-6,11,22H,7-10H2,(H2,19,20,23). The van der Waals surface area contributed by atoms with E-state index in [4.69, 9.17) is 16.3 Å². The zero-order valence-corrected chi connectivity index (χ0v) is 15.8. The molecule has 0 spiro atoms. The maximum Gasteiger partial charge on any atom is 0.323 e. The maximum absolute atomic E-state index is 12.7. The molecule has 1 saturated heterocycles. The van der Waals surface area contributed by atoms with Crippen molar-refractivity contribution in [2.45, 2.75) is 4.90 Å². The van der Waals surface area contributed by atoms with Crippen molar-refractivity contribution in [2.75, 3.05) is 36.9 Å². The molecule has 3 N–H and O–H groups in total. The van der Waals surface area contributed by atoms with Crippen molar-refractivity contribution in [2.24, 2.45) is 0 Å². The lowest BCUT2D eigenvalue weighted by Crippen LogP contribution is -2.40. The zero-order valence-electron chi connectivity index (χ0n) is 14.2. The molecule has 3 rings (SSSR count). The third-order valence-corrected chi connectivity index (χ3v) is 6.17. The van der Waals surface area contributed by atoms with E-state index in [2.05, 4.69) is 10.6 Å². The fourth-order valence-corrected chi connectivity index (χ4v) is 4.15. The Hall–Kier alpha value is -2.33. The second-order valence-electron chi connectivity index (χ2n) is 5.75. The Morgan fingerprint density at radius 2 is 1.74 bits per heavy atom. The van der Waals surface area contributed by atoms with Gasteiger partial charge in [-0.2, -0.15) is 4.31 Å². The molecule has 0 aromatic heterocycles. The van der Waals surface area contributed by atoms with E-state index in [0.717, 1.165) is 0 Å². The number of para-hydroxylation sites is 2. The van der Waals surface area contributed by atoms with Crippen molar-refractivity contribution in [3.63, 3.8) is 0 Å². The number of rotatable bonds is 4. The molecule has 1 fully saturated rings. The number of amides is 2. The normalized spacial score (nSPS) is 15.3. The second kappa shape index (κ2) is 8.13. The van der Waals surface area contributed by atoms with Gasteiger partial charge in [0, 0.05) is 13.1 Å².